The maximum Gasteiger partial charge on any atom is 0.288 e. The molecular weight excluding hydrogens is 407 g/mol. The number of aromatic nitrogens is 1. The van der Waals surface area contributed by atoms with E-state index in [4.69, 9.17) is 0 Å². The van der Waals surface area contributed by atoms with Gasteiger partial charge in [0.25, 0.3) is 5.69 Å². The van der Waals surface area contributed by atoms with Crippen LogP contribution in [0.4, 0.5) is 15.9 Å². The second-order valence-electron chi connectivity index (χ2n) is 6.05. The maximum atomic E-state index is 13.7. The van der Waals surface area contributed by atoms with Crippen molar-refractivity contribution < 1.29 is 14.1 Å². The molecule has 26 heavy (non-hydrogen) atoms. The first-order valence-electron chi connectivity index (χ1n) is 7.95. The summed E-state index contributed by atoms with van der Waals surface area (Å²) in [7, 11) is 0. The molecule has 1 N–H and O–H groups in total. The summed E-state index contributed by atoms with van der Waals surface area (Å²) in [5.41, 5.74) is 1.49. The molecule has 1 atom stereocenters. The number of rotatable bonds is 3. The Labute approximate surface area is 157 Å². The maximum absolute atomic E-state index is 13.7. The molecule has 136 valence electrons. The predicted octanol–water partition coefficient (Wildman–Crippen LogP) is 3.80. The lowest BCUT2D eigenvalue weighted by molar-refractivity contribution is -0.385. The molecule has 0 radical (unpaired) electrons. The summed E-state index contributed by atoms with van der Waals surface area (Å²) in [4.78, 5) is 27.9. The normalized spacial score (nSPS) is 16.6. The molecule has 1 aliphatic rings. The highest BCUT2D eigenvalue weighted by Gasteiger charge is 2.25. The topological polar surface area (TPSA) is 88.4 Å². The van der Waals surface area contributed by atoms with E-state index in [9.17, 15) is 19.3 Å². The van der Waals surface area contributed by atoms with Crippen molar-refractivity contribution in [3.8, 4) is 0 Å². The van der Waals surface area contributed by atoms with Gasteiger partial charge in [0.15, 0.2) is 0 Å². The molecular formula is C17H16BrFN4O3. The van der Waals surface area contributed by atoms with Crippen LogP contribution < -0.4 is 5.32 Å². The Morgan fingerprint density at radius 2 is 2.23 bits per heavy atom. The number of nitro groups is 1. The number of carbonyl (C=O) groups is 1. The highest BCUT2D eigenvalue weighted by molar-refractivity contribution is 9.10. The van der Waals surface area contributed by atoms with Crippen molar-refractivity contribution >= 4 is 33.3 Å². The van der Waals surface area contributed by atoms with Gasteiger partial charge >= 0.3 is 0 Å². The summed E-state index contributed by atoms with van der Waals surface area (Å²) in [6.07, 6.45) is 1.78. The first-order chi connectivity index (χ1) is 12.3. The van der Waals surface area contributed by atoms with Crippen LogP contribution in [0.5, 0.6) is 0 Å². The molecule has 7 nitrogen and oxygen atoms in total. The zero-order valence-corrected chi connectivity index (χ0v) is 15.5. The molecule has 1 aliphatic heterocycles. The van der Waals surface area contributed by atoms with Crippen LogP contribution in [-0.2, 0) is 11.3 Å². The van der Waals surface area contributed by atoms with Gasteiger partial charge in [0, 0.05) is 26.1 Å². The molecule has 0 saturated carbocycles. The molecule has 0 aliphatic carbocycles. The van der Waals surface area contributed by atoms with E-state index in [2.05, 4.69) is 26.2 Å². The van der Waals surface area contributed by atoms with Crippen molar-refractivity contribution in [2.24, 2.45) is 0 Å². The van der Waals surface area contributed by atoms with E-state index < -0.39 is 4.92 Å². The highest BCUT2D eigenvalue weighted by Crippen LogP contribution is 2.33. The van der Waals surface area contributed by atoms with Gasteiger partial charge in [0.1, 0.15) is 17.8 Å². The third-order valence-electron chi connectivity index (χ3n) is 4.32. The number of halogens is 2. The number of hydrogen-bond donors (Lipinski definition) is 1. The molecule has 3 rings (SSSR count). The van der Waals surface area contributed by atoms with Crippen LogP contribution in [0, 0.1) is 15.9 Å². The summed E-state index contributed by atoms with van der Waals surface area (Å²) >= 11 is 3.29. The van der Waals surface area contributed by atoms with E-state index >= 15 is 0 Å². The van der Waals surface area contributed by atoms with Crippen molar-refractivity contribution in [2.45, 2.75) is 25.9 Å². The third-order valence-corrected chi connectivity index (χ3v) is 4.93. The number of anilines is 1. The van der Waals surface area contributed by atoms with Gasteiger partial charge in [-0.15, -0.1) is 0 Å². The van der Waals surface area contributed by atoms with E-state index in [0.717, 1.165) is 11.1 Å². The molecule has 9 heteroatoms. The van der Waals surface area contributed by atoms with Crippen LogP contribution in [0.2, 0.25) is 0 Å². The van der Waals surface area contributed by atoms with E-state index in [-0.39, 0.29) is 23.5 Å². The van der Waals surface area contributed by atoms with E-state index in [1.54, 1.807) is 11.0 Å². The van der Waals surface area contributed by atoms with Crippen LogP contribution in [0.1, 0.15) is 30.5 Å². The Morgan fingerprint density at radius 3 is 2.88 bits per heavy atom. The third kappa shape index (κ3) is 3.82. The fourth-order valence-corrected chi connectivity index (χ4v) is 3.45. The largest absolute Gasteiger partial charge is 0.362 e. The first-order valence-corrected chi connectivity index (χ1v) is 8.74. The summed E-state index contributed by atoms with van der Waals surface area (Å²) < 4.78 is 14.1. The van der Waals surface area contributed by atoms with Crippen LogP contribution in [0.3, 0.4) is 0 Å². The molecule has 1 aromatic heterocycles. The van der Waals surface area contributed by atoms with Crippen molar-refractivity contribution in [1.82, 2.24) is 9.88 Å². The van der Waals surface area contributed by atoms with E-state index in [1.165, 1.54) is 31.3 Å². The Morgan fingerprint density at radius 1 is 1.46 bits per heavy atom. The van der Waals surface area contributed by atoms with Gasteiger partial charge in [-0.05, 0) is 45.6 Å². The lowest BCUT2D eigenvalue weighted by atomic mass is 9.99. The Kier molecular flexibility index (Phi) is 5.17. The van der Waals surface area contributed by atoms with Gasteiger partial charge in [0.05, 0.1) is 15.4 Å². The van der Waals surface area contributed by atoms with Crippen molar-refractivity contribution in [1.29, 1.82) is 0 Å². The molecule has 0 spiro atoms. The quantitative estimate of drug-likeness (QED) is 0.600. The van der Waals surface area contributed by atoms with Crippen LogP contribution >= 0.6 is 15.9 Å². The van der Waals surface area contributed by atoms with Gasteiger partial charge in [-0.3, -0.25) is 14.9 Å². The standard InChI is InChI=1S/C17H16BrFN4O3/c1-10(24)22-5-4-16(14-3-2-12(19)6-11(14)9-22)21-17-15(18)7-13(8-20-17)23(25)26/h2-3,6-8,16H,4-5,9H2,1H3,(H,20,21). The molecule has 0 bridgehead atoms. The van der Waals surface area contributed by atoms with Gasteiger partial charge in [-0.2, -0.15) is 0 Å². The summed E-state index contributed by atoms with van der Waals surface area (Å²) in [5.74, 6) is 0.0187. The number of fused-ring (bicyclic) bond motifs is 1. The molecule has 0 fully saturated rings. The fourth-order valence-electron chi connectivity index (χ4n) is 2.99. The number of nitrogens with zero attached hydrogens (tertiary/aromatic N) is 3. The van der Waals surface area contributed by atoms with Crippen molar-refractivity contribution in [3.63, 3.8) is 0 Å². The zero-order chi connectivity index (χ0) is 18.8. The SMILES string of the molecule is CC(=O)N1CCC(Nc2ncc([N+](=O)[O-])cc2Br)c2ccc(F)cc2C1. The first kappa shape index (κ1) is 18.2. The van der Waals surface area contributed by atoms with Gasteiger partial charge in [-0.1, -0.05) is 6.07 Å². The molecule has 1 aromatic carbocycles. The average Bonchev–Trinajstić information content (AvgIpc) is 2.75. The minimum atomic E-state index is -0.518. The lowest BCUT2D eigenvalue weighted by Crippen LogP contribution is -2.28. The zero-order valence-electron chi connectivity index (χ0n) is 13.9. The predicted molar refractivity (Wildman–Crippen MR) is 97.1 cm³/mol. The molecule has 0 saturated heterocycles. The number of nitrogens with one attached hydrogen (secondary N) is 1. The van der Waals surface area contributed by atoms with Gasteiger partial charge < -0.3 is 10.2 Å². The minimum absolute atomic E-state index is 0.0736. The number of carbonyl (C=O) groups excluding carboxylic acids is 1. The van der Waals surface area contributed by atoms with E-state index in [0.29, 0.717) is 29.8 Å². The number of benzene rings is 1. The molecule has 1 unspecified atom stereocenters. The number of hydrogen-bond acceptors (Lipinski definition) is 5. The summed E-state index contributed by atoms with van der Waals surface area (Å²) in [5, 5.41) is 14.1. The van der Waals surface area contributed by atoms with Crippen LogP contribution in [0.25, 0.3) is 0 Å². The highest BCUT2D eigenvalue weighted by atomic mass is 79.9. The number of pyridine rings is 1. The summed E-state index contributed by atoms with van der Waals surface area (Å²) in [6, 6.07) is 5.68. The van der Waals surface area contributed by atoms with Crippen molar-refractivity contribution in [2.75, 3.05) is 11.9 Å². The van der Waals surface area contributed by atoms with Gasteiger partial charge in [0.2, 0.25) is 5.91 Å². The molecule has 1 amide bonds. The lowest BCUT2D eigenvalue weighted by Gasteiger charge is -2.20. The molecule has 2 aromatic rings. The van der Waals surface area contributed by atoms with Crippen molar-refractivity contribution in [3.05, 3.63) is 62.0 Å². The van der Waals surface area contributed by atoms with Crippen LogP contribution in [0.15, 0.2) is 34.9 Å². The van der Waals surface area contributed by atoms with Gasteiger partial charge in [-0.25, -0.2) is 9.37 Å². The monoisotopic (exact) mass is 422 g/mol. The average molecular weight is 423 g/mol. The Hall–Kier alpha value is -2.55. The Balaban J connectivity index is 1.93. The molecule has 2 heterocycles. The summed E-state index contributed by atoms with van der Waals surface area (Å²) in [6.45, 7) is 2.34. The minimum Gasteiger partial charge on any atom is -0.362 e. The fraction of sp³-hybridized carbons (Fsp3) is 0.294. The smallest absolute Gasteiger partial charge is 0.288 e. The second kappa shape index (κ2) is 7.36. The number of amides is 1. The van der Waals surface area contributed by atoms with E-state index in [1.807, 2.05) is 0 Å². The second-order valence-corrected chi connectivity index (χ2v) is 6.90. The van der Waals surface area contributed by atoms with Crippen LogP contribution in [-0.4, -0.2) is 27.3 Å². The Bertz CT molecular complexity index is 877.